The van der Waals surface area contributed by atoms with E-state index >= 15 is 0 Å². The number of anilines is 1. The molecule has 1 saturated heterocycles. The Morgan fingerprint density at radius 1 is 1.28 bits per heavy atom. The van der Waals surface area contributed by atoms with Gasteiger partial charge in [0.05, 0.1) is 13.1 Å². The third-order valence-electron chi connectivity index (χ3n) is 4.33. The number of carbonyl (C=O) groups is 1. The highest BCUT2D eigenvalue weighted by Crippen LogP contribution is 2.29. The number of alkyl halides is 3. The lowest BCUT2D eigenvalue weighted by atomic mass is 10.2. The molecule has 0 bridgehead atoms. The van der Waals surface area contributed by atoms with Crippen molar-refractivity contribution in [1.29, 1.82) is 0 Å². The molecule has 156 valence electrons. The van der Waals surface area contributed by atoms with E-state index in [0.717, 1.165) is 40.9 Å². The predicted molar refractivity (Wildman–Crippen MR) is 107 cm³/mol. The Hall–Kier alpha value is -2.62. The van der Waals surface area contributed by atoms with E-state index < -0.39 is 11.9 Å². The molecule has 0 unspecified atom stereocenters. The summed E-state index contributed by atoms with van der Waals surface area (Å²) < 4.78 is 37.9. The first kappa shape index (κ1) is 21.1. The molecule has 1 aliphatic rings. The van der Waals surface area contributed by atoms with E-state index in [1.165, 1.54) is 0 Å². The van der Waals surface area contributed by atoms with E-state index in [0.29, 0.717) is 30.5 Å². The summed E-state index contributed by atoms with van der Waals surface area (Å²) in [5, 5.41) is 7.41. The molecule has 0 spiro atoms. The van der Waals surface area contributed by atoms with Crippen LogP contribution >= 0.6 is 11.3 Å². The molecular weight excluding hydrogens is 403 g/mol. The minimum atomic E-state index is -4.43. The molecule has 0 atom stereocenters. The second-order valence-corrected chi connectivity index (χ2v) is 7.43. The van der Waals surface area contributed by atoms with E-state index in [9.17, 15) is 18.0 Å². The molecule has 3 rings (SSSR count). The van der Waals surface area contributed by atoms with Crippen LogP contribution in [0, 0.1) is 0 Å². The van der Waals surface area contributed by atoms with Gasteiger partial charge in [-0.2, -0.15) is 13.2 Å². The van der Waals surface area contributed by atoms with Gasteiger partial charge in [0.25, 0.3) is 0 Å². The molecule has 2 N–H and O–H groups in total. The van der Waals surface area contributed by atoms with Crippen molar-refractivity contribution in [2.75, 3.05) is 18.0 Å². The van der Waals surface area contributed by atoms with Crippen LogP contribution in [0.15, 0.2) is 34.6 Å². The molecular formula is C19H22F3N5OS. The van der Waals surface area contributed by atoms with E-state index in [2.05, 4.69) is 20.6 Å². The van der Waals surface area contributed by atoms with Crippen LogP contribution in [-0.2, 0) is 24.1 Å². The van der Waals surface area contributed by atoms with E-state index in [4.69, 9.17) is 0 Å². The number of nitrogens with one attached hydrogen (secondary N) is 2. The number of halogens is 3. The smallest absolute Gasteiger partial charge is 0.357 e. The van der Waals surface area contributed by atoms with Gasteiger partial charge in [-0.1, -0.05) is 12.1 Å². The molecule has 2 heterocycles. The van der Waals surface area contributed by atoms with Crippen LogP contribution < -0.4 is 15.5 Å². The van der Waals surface area contributed by atoms with Crippen molar-refractivity contribution in [3.63, 3.8) is 0 Å². The fraction of sp³-hybridized carbons (Fsp3) is 0.421. The summed E-state index contributed by atoms with van der Waals surface area (Å²) in [6, 6.07) is 7.65. The standard InChI is InChI=1S/C19H22F3N5OS/c1-2-23-18(25-11-16-26-15(12-29-16)19(20,21)22)24-10-13-5-7-14(8-6-13)27-9-3-4-17(27)28/h5-8,12H,2-4,9-11H2,1H3,(H2,23,24,25). The molecule has 0 aliphatic carbocycles. The molecule has 0 radical (unpaired) electrons. The molecule has 10 heteroatoms. The highest BCUT2D eigenvalue weighted by molar-refractivity contribution is 7.09. The molecule has 29 heavy (non-hydrogen) atoms. The van der Waals surface area contributed by atoms with Crippen molar-refractivity contribution in [3.8, 4) is 0 Å². The van der Waals surface area contributed by atoms with Gasteiger partial charge in [-0.05, 0) is 31.0 Å². The Morgan fingerprint density at radius 3 is 2.62 bits per heavy atom. The zero-order valence-electron chi connectivity index (χ0n) is 15.9. The van der Waals surface area contributed by atoms with Gasteiger partial charge in [-0.3, -0.25) is 4.79 Å². The largest absolute Gasteiger partial charge is 0.434 e. The average Bonchev–Trinajstić information content (AvgIpc) is 3.33. The first-order chi connectivity index (χ1) is 13.9. The maximum Gasteiger partial charge on any atom is 0.434 e. The van der Waals surface area contributed by atoms with Gasteiger partial charge in [0.15, 0.2) is 11.7 Å². The van der Waals surface area contributed by atoms with Crippen molar-refractivity contribution < 1.29 is 18.0 Å². The maximum absolute atomic E-state index is 12.6. The predicted octanol–water partition coefficient (Wildman–Crippen LogP) is 3.54. The maximum atomic E-state index is 12.6. The molecule has 1 fully saturated rings. The normalized spacial score (nSPS) is 15.1. The number of hydrogen-bond acceptors (Lipinski definition) is 4. The third-order valence-corrected chi connectivity index (χ3v) is 5.18. The number of guanidine groups is 1. The Balaban J connectivity index is 1.58. The summed E-state index contributed by atoms with van der Waals surface area (Å²) in [6.45, 7) is 3.83. The topological polar surface area (TPSA) is 69.6 Å². The minimum Gasteiger partial charge on any atom is -0.357 e. The van der Waals surface area contributed by atoms with Crippen LogP contribution in [0.5, 0.6) is 0 Å². The number of hydrogen-bond donors (Lipinski definition) is 2. The van der Waals surface area contributed by atoms with Gasteiger partial charge in [0.2, 0.25) is 5.91 Å². The van der Waals surface area contributed by atoms with Gasteiger partial charge in [0.1, 0.15) is 5.01 Å². The summed E-state index contributed by atoms with van der Waals surface area (Å²) in [5.74, 6) is 0.639. The molecule has 2 aromatic rings. The van der Waals surface area contributed by atoms with Crippen LogP contribution in [0.1, 0.15) is 36.0 Å². The van der Waals surface area contributed by atoms with Crippen molar-refractivity contribution in [2.45, 2.75) is 39.0 Å². The van der Waals surface area contributed by atoms with Crippen LogP contribution in [0.2, 0.25) is 0 Å². The molecule has 1 amide bonds. The lowest BCUT2D eigenvalue weighted by Crippen LogP contribution is -2.36. The van der Waals surface area contributed by atoms with Crippen molar-refractivity contribution >= 4 is 28.9 Å². The molecule has 6 nitrogen and oxygen atoms in total. The lowest BCUT2D eigenvalue weighted by Gasteiger charge is -2.15. The fourth-order valence-corrected chi connectivity index (χ4v) is 3.64. The molecule has 1 aromatic carbocycles. The number of rotatable bonds is 6. The van der Waals surface area contributed by atoms with Gasteiger partial charge in [-0.15, -0.1) is 11.3 Å². The van der Waals surface area contributed by atoms with Crippen molar-refractivity contribution in [2.24, 2.45) is 4.99 Å². The summed E-state index contributed by atoms with van der Waals surface area (Å²) in [6.07, 6.45) is -2.96. The zero-order chi connectivity index (χ0) is 20.9. The average molecular weight is 425 g/mol. The zero-order valence-corrected chi connectivity index (χ0v) is 16.7. The summed E-state index contributed by atoms with van der Waals surface area (Å²) >= 11 is 0.956. The van der Waals surface area contributed by atoms with Crippen molar-refractivity contribution in [3.05, 3.63) is 45.9 Å². The number of carbonyl (C=O) groups excluding carboxylic acids is 1. The number of aromatic nitrogens is 1. The monoisotopic (exact) mass is 425 g/mol. The van der Waals surface area contributed by atoms with Gasteiger partial charge in [-0.25, -0.2) is 9.98 Å². The lowest BCUT2D eigenvalue weighted by molar-refractivity contribution is -0.140. The highest BCUT2D eigenvalue weighted by atomic mass is 32.1. The Morgan fingerprint density at radius 2 is 2.03 bits per heavy atom. The summed E-state index contributed by atoms with van der Waals surface area (Å²) in [4.78, 5) is 21.7. The van der Waals surface area contributed by atoms with E-state index in [1.807, 2.05) is 31.2 Å². The Kier molecular flexibility index (Phi) is 6.73. The summed E-state index contributed by atoms with van der Waals surface area (Å²) in [7, 11) is 0. The van der Waals surface area contributed by atoms with Crippen LogP contribution in [-0.4, -0.2) is 29.9 Å². The second-order valence-electron chi connectivity index (χ2n) is 6.49. The van der Waals surface area contributed by atoms with Gasteiger partial charge in [0, 0.05) is 30.6 Å². The minimum absolute atomic E-state index is 0.144. The number of thiazole rings is 1. The molecule has 1 aliphatic heterocycles. The number of benzene rings is 1. The van der Waals surface area contributed by atoms with Gasteiger partial charge >= 0.3 is 6.18 Å². The number of nitrogens with zero attached hydrogens (tertiary/aromatic N) is 3. The highest BCUT2D eigenvalue weighted by Gasteiger charge is 2.33. The number of aliphatic imine (C=N–C) groups is 1. The van der Waals surface area contributed by atoms with E-state index in [1.54, 1.807) is 4.90 Å². The SMILES string of the molecule is CCNC(=NCc1ccc(N2CCCC2=O)cc1)NCc1nc(C(F)(F)F)cs1. The summed E-state index contributed by atoms with van der Waals surface area (Å²) in [5.41, 5.74) is 0.971. The second kappa shape index (κ2) is 9.25. The fourth-order valence-electron chi connectivity index (χ4n) is 2.90. The number of amides is 1. The quantitative estimate of drug-likeness (QED) is 0.549. The third kappa shape index (κ3) is 5.69. The Labute approximate surface area is 170 Å². The van der Waals surface area contributed by atoms with Crippen LogP contribution in [0.25, 0.3) is 0 Å². The first-order valence-corrected chi connectivity index (χ1v) is 10.2. The van der Waals surface area contributed by atoms with Crippen molar-refractivity contribution in [1.82, 2.24) is 15.6 Å². The van der Waals surface area contributed by atoms with Gasteiger partial charge < -0.3 is 15.5 Å². The molecule has 0 saturated carbocycles. The molecule has 1 aromatic heterocycles. The first-order valence-electron chi connectivity index (χ1n) is 9.30. The Bertz CT molecular complexity index is 863. The van der Waals surface area contributed by atoms with Crippen LogP contribution in [0.3, 0.4) is 0 Å². The van der Waals surface area contributed by atoms with Crippen LogP contribution in [0.4, 0.5) is 18.9 Å². The van der Waals surface area contributed by atoms with E-state index in [-0.39, 0.29) is 12.5 Å².